The third-order valence-corrected chi connectivity index (χ3v) is 0.774. The summed E-state index contributed by atoms with van der Waals surface area (Å²) < 4.78 is 0. The van der Waals surface area contributed by atoms with Gasteiger partial charge in [0.15, 0.2) is 0 Å². The Morgan fingerprint density at radius 2 is 2.22 bits per heavy atom. The summed E-state index contributed by atoms with van der Waals surface area (Å²) in [6.45, 7) is 0. The first-order valence-corrected chi connectivity index (χ1v) is 2.39. The molecule has 0 unspecified atom stereocenters. The summed E-state index contributed by atoms with van der Waals surface area (Å²) in [7, 11) is 0. The van der Waals surface area contributed by atoms with Crippen LogP contribution in [-0.2, 0) is 0 Å². The highest BCUT2D eigenvalue weighted by Crippen LogP contribution is 1.93. The molecule has 3 N–H and O–H groups in total. The number of aliphatic imine (C=N–C) groups is 1. The highest BCUT2D eigenvalue weighted by atomic mass is 16.3. The van der Waals surface area contributed by atoms with Crippen molar-refractivity contribution in [2.75, 3.05) is 0 Å². The maximum absolute atomic E-state index is 8.68. The molecule has 4 heteroatoms. The summed E-state index contributed by atoms with van der Waals surface area (Å²) in [6, 6.07) is -0.308. The molecule has 0 saturated carbocycles. The zero-order chi connectivity index (χ0) is 6.69. The quantitative estimate of drug-likeness (QED) is 0.440. The topological polar surface area (TPSA) is 64.8 Å². The Kier molecular flexibility index (Phi) is 1.40. The third-order valence-electron chi connectivity index (χ3n) is 0.774. The minimum absolute atomic E-state index is 0.214. The van der Waals surface area contributed by atoms with Crippen molar-refractivity contribution in [3.8, 4) is 0 Å². The Bertz CT molecular complexity index is 193. The van der Waals surface area contributed by atoms with Gasteiger partial charge in [-0.2, -0.15) is 4.99 Å². The predicted molar refractivity (Wildman–Crippen MR) is 33.1 cm³/mol. The summed E-state index contributed by atoms with van der Waals surface area (Å²) in [5.41, 5.74) is 0. The summed E-state index contributed by atoms with van der Waals surface area (Å²) >= 11 is 0. The molecule has 0 fully saturated rings. The van der Waals surface area contributed by atoms with E-state index in [0.29, 0.717) is 0 Å². The highest BCUT2D eigenvalue weighted by molar-refractivity contribution is 5.73. The van der Waals surface area contributed by atoms with Crippen molar-refractivity contribution in [2.45, 2.75) is 0 Å². The Balaban J connectivity index is 2.82. The maximum Gasteiger partial charge on any atom is 0.294 e. The molecule has 1 heterocycles. The van der Waals surface area contributed by atoms with Crippen molar-refractivity contribution in [3.63, 3.8) is 0 Å². The summed E-state index contributed by atoms with van der Waals surface area (Å²) in [5.74, 6) is -0.214. The number of nitrogens with zero attached hydrogens (tertiary/aromatic N) is 1. The maximum atomic E-state index is 8.68. The number of aliphatic hydroxyl groups is 2. The van der Waals surface area contributed by atoms with Gasteiger partial charge in [-0.25, -0.2) is 0 Å². The molecule has 1 rings (SSSR count). The molecule has 0 aliphatic carbocycles. The van der Waals surface area contributed by atoms with Gasteiger partial charge in [0.05, 0.1) is 0 Å². The Morgan fingerprint density at radius 1 is 1.44 bits per heavy atom. The van der Waals surface area contributed by atoms with Crippen LogP contribution in [0.4, 0.5) is 0 Å². The van der Waals surface area contributed by atoms with Gasteiger partial charge in [0.1, 0.15) is 0 Å². The molecule has 0 aromatic carbocycles. The molecule has 0 aromatic rings. The van der Waals surface area contributed by atoms with E-state index in [9.17, 15) is 0 Å². The van der Waals surface area contributed by atoms with Crippen LogP contribution in [0.25, 0.3) is 0 Å². The molecule has 0 amide bonds. The summed E-state index contributed by atoms with van der Waals surface area (Å²) in [4.78, 5) is 3.29. The van der Waals surface area contributed by atoms with E-state index in [-0.39, 0.29) is 11.9 Å². The van der Waals surface area contributed by atoms with Gasteiger partial charge in [0.2, 0.25) is 5.88 Å². The van der Waals surface area contributed by atoms with Gasteiger partial charge < -0.3 is 15.5 Å². The van der Waals surface area contributed by atoms with E-state index in [2.05, 4.69) is 10.3 Å². The summed E-state index contributed by atoms with van der Waals surface area (Å²) in [5, 5.41) is 19.7. The monoisotopic (exact) mass is 126 g/mol. The molecule has 0 aromatic heterocycles. The van der Waals surface area contributed by atoms with Gasteiger partial charge in [-0.3, -0.25) is 0 Å². The average molecular weight is 126 g/mol. The smallest absolute Gasteiger partial charge is 0.294 e. The van der Waals surface area contributed by atoms with E-state index in [4.69, 9.17) is 10.2 Å². The molecular formula is C5H6N2O2. The van der Waals surface area contributed by atoms with E-state index >= 15 is 0 Å². The molecule has 4 nitrogen and oxygen atoms in total. The molecule has 48 valence electrons. The molecule has 0 bridgehead atoms. The van der Waals surface area contributed by atoms with Crippen LogP contribution in [0.2, 0.25) is 0 Å². The Hall–Kier alpha value is -1.45. The van der Waals surface area contributed by atoms with E-state index in [0.717, 1.165) is 0 Å². The number of aliphatic hydroxyl groups excluding tert-OH is 2. The van der Waals surface area contributed by atoms with Crippen molar-refractivity contribution in [1.82, 2.24) is 5.32 Å². The highest BCUT2D eigenvalue weighted by Gasteiger charge is 1.94. The zero-order valence-electron chi connectivity index (χ0n) is 4.57. The van der Waals surface area contributed by atoms with E-state index in [1.165, 1.54) is 18.4 Å². The van der Waals surface area contributed by atoms with Crippen molar-refractivity contribution >= 4 is 6.02 Å². The molecule has 0 saturated heterocycles. The van der Waals surface area contributed by atoms with Crippen LogP contribution in [0.5, 0.6) is 0 Å². The number of nitrogens with one attached hydrogen (secondary N) is 1. The first-order chi connectivity index (χ1) is 4.29. The first kappa shape index (κ1) is 5.68. The van der Waals surface area contributed by atoms with Crippen LogP contribution in [0.15, 0.2) is 29.2 Å². The number of amidine groups is 1. The van der Waals surface area contributed by atoms with Gasteiger partial charge in [-0.1, -0.05) is 0 Å². The van der Waals surface area contributed by atoms with Gasteiger partial charge in [-0.15, -0.1) is 0 Å². The number of hydrogen-bond acceptors (Lipinski definition) is 3. The molecule has 0 radical (unpaired) electrons. The van der Waals surface area contributed by atoms with E-state index < -0.39 is 0 Å². The largest absolute Gasteiger partial charge is 0.493 e. The lowest BCUT2D eigenvalue weighted by Crippen LogP contribution is -2.15. The zero-order valence-corrected chi connectivity index (χ0v) is 4.57. The number of hydrogen-bond donors (Lipinski definition) is 3. The lowest BCUT2D eigenvalue weighted by molar-refractivity contribution is 0.400. The van der Waals surface area contributed by atoms with Crippen LogP contribution >= 0.6 is 0 Å². The summed E-state index contributed by atoms with van der Waals surface area (Å²) in [6.07, 6.45) is 4.35. The standard InChI is InChI=1S/C5H6N2O2/c8-4-2-1-3-6-5(9)7-4/h1-3,8H,(H2,6,7,9). The van der Waals surface area contributed by atoms with Crippen LogP contribution in [0.1, 0.15) is 0 Å². The molecule has 9 heavy (non-hydrogen) atoms. The van der Waals surface area contributed by atoms with Gasteiger partial charge in [0.25, 0.3) is 6.02 Å². The molecule has 0 atom stereocenters. The number of allylic oxidation sites excluding steroid dienone is 2. The van der Waals surface area contributed by atoms with Crippen molar-refractivity contribution in [2.24, 2.45) is 4.99 Å². The predicted octanol–water partition coefficient (Wildman–Crippen LogP) is 0.417. The fraction of sp³-hybridized carbons (Fsp3) is 0. The van der Waals surface area contributed by atoms with Crippen LogP contribution in [0, 0.1) is 0 Å². The Morgan fingerprint density at radius 3 is 3.00 bits per heavy atom. The Labute approximate surface area is 51.8 Å². The fourth-order valence-electron chi connectivity index (χ4n) is 0.435. The first-order valence-electron chi connectivity index (χ1n) is 2.39. The van der Waals surface area contributed by atoms with Gasteiger partial charge in [-0.05, 0) is 6.08 Å². The van der Waals surface area contributed by atoms with Gasteiger partial charge >= 0.3 is 0 Å². The molecular weight excluding hydrogens is 120 g/mol. The van der Waals surface area contributed by atoms with Crippen LogP contribution < -0.4 is 5.32 Å². The number of rotatable bonds is 0. The van der Waals surface area contributed by atoms with Crippen molar-refractivity contribution in [3.05, 3.63) is 24.2 Å². The lowest BCUT2D eigenvalue weighted by Gasteiger charge is -1.91. The second-order valence-corrected chi connectivity index (χ2v) is 1.46. The molecule has 1 aliphatic heterocycles. The van der Waals surface area contributed by atoms with E-state index in [1.807, 2.05) is 0 Å². The van der Waals surface area contributed by atoms with Gasteiger partial charge in [0, 0.05) is 12.3 Å². The van der Waals surface area contributed by atoms with E-state index in [1.54, 1.807) is 0 Å². The normalized spacial score (nSPS) is 17.3. The van der Waals surface area contributed by atoms with Crippen molar-refractivity contribution in [1.29, 1.82) is 0 Å². The fourth-order valence-corrected chi connectivity index (χ4v) is 0.435. The lowest BCUT2D eigenvalue weighted by atomic mass is 10.5. The SMILES string of the molecule is OC1=CC=CNC(O)=N1. The average Bonchev–Trinajstić information content (AvgIpc) is 1.93. The van der Waals surface area contributed by atoms with Crippen LogP contribution in [-0.4, -0.2) is 16.2 Å². The molecule has 1 aliphatic rings. The minimum atomic E-state index is -0.308. The minimum Gasteiger partial charge on any atom is -0.493 e. The van der Waals surface area contributed by atoms with Crippen molar-refractivity contribution < 1.29 is 10.2 Å². The van der Waals surface area contributed by atoms with Crippen LogP contribution in [0.3, 0.4) is 0 Å². The molecule has 0 spiro atoms. The second kappa shape index (κ2) is 2.21. The third kappa shape index (κ3) is 1.49. The second-order valence-electron chi connectivity index (χ2n) is 1.46.